The first kappa shape index (κ1) is 36.5. The Balaban J connectivity index is 1.16. The fraction of sp³-hybridized carbons (Fsp3) is 0.425. The van der Waals surface area contributed by atoms with Crippen molar-refractivity contribution in [1.29, 1.82) is 0 Å². The number of hydrogen-bond donors (Lipinski definition) is 2. The van der Waals surface area contributed by atoms with Crippen LogP contribution in [0, 0.1) is 0 Å². The highest BCUT2D eigenvalue weighted by Crippen LogP contribution is 2.50. The number of nitrogens with one attached hydrogen (secondary N) is 2. The maximum Gasteiger partial charge on any atom is 0.222 e. The van der Waals surface area contributed by atoms with E-state index in [-0.39, 0.29) is 23.3 Å². The highest BCUT2D eigenvalue weighted by Gasteiger charge is 2.29. The summed E-state index contributed by atoms with van der Waals surface area (Å²) < 4.78 is 17.2. The van der Waals surface area contributed by atoms with E-state index < -0.39 is 0 Å². The number of unbranched alkanes of at least 4 members (excludes halogenated alkanes) is 2. The zero-order valence-electron chi connectivity index (χ0n) is 29.8. The molecule has 0 radical (unpaired) electrons. The maximum atomic E-state index is 13.5. The van der Waals surface area contributed by atoms with Crippen LogP contribution >= 0.6 is 0 Å². The molecule has 3 aromatic carbocycles. The molecule has 0 saturated carbocycles. The number of carbonyl (C=O) groups excluding carboxylic acids is 2. The van der Waals surface area contributed by atoms with Gasteiger partial charge >= 0.3 is 0 Å². The topological polar surface area (TPSA) is 109 Å². The number of fused-ring (bicyclic) bond motifs is 3. The molecular formula is C40H50N4O6. The molecule has 50 heavy (non-hydrogen) atoms. The minimum atomic E-state index is -0.360. The summed E-state index contributed by atoms with van der Waals surface area (Å²) >= 11 is 0. The van der Waals surface area contributed by atoms with Gasteiger partial charge in [0.2, 0.25) is 23.0 Å². The molecule has 1 fully saturated rings. The minimum absolute atomic E-state index is 0.158. The molecule has 0 bridgehead atoms. The number of benzene rings is 2. The molecule has 1 atom stereocenters. The monoisotopic (exact) mass is 682 g/mol. The number of methoxy groups -OCH3 is 3. The number of anilines is 1. The first-order valence-electron chi connectivity index (χ1n) is 17.6. The molecule has 5 rings (SSSR count). The molecule has 0 unspecified atom stereocenters. The van der Waals surface area contributed by atoms with Crippen molar-refractivity contribution < 1.29 is 23.8 Å². The highest BCUT2D eigenvalue weighted by molar-refractivity contribution is 5.84. The summed E-state index contributed by atoms with van der Waals surface area (Å²) in [6, 6.07) is 17.2. The lowest BCUT2D eigenvalue weighted by atomic mass is 9.95. The van der Waals surface area contributed by atoms with Gasteiger partial charge in [0.1, 0.15) is 0 Å². The van der Waals surface area contributed by atoms with E-state index in [1.54, 1.807) is 33.5 Å². The first-order valence-corrected chi connectivity index (χ1v) is 17.6. The Hall–Kier alpha value is -4.83. The van der Waals surface area contributed by atoms with E-state index >= 15 is 0 Å². The predicted molar refractivity (Wildman–Crippen MR) is 198 cm³/mol. The predicted octanol–water partition coefficient (Wildman–Crippen LogP) is 5.69. The second kappa shape index (κ2) is 17.7. The van der Waals surface area contributed by atoms with E-state index in [2.05, 4.69) is 39.8 Å². The SMILES string of the molecule is COc1cc2c(c(OC)c1OC)-c1ccc(NCCCCCC(=O)N3CCN(CC=Cc4ccccc4)CC3)c(=O)cc1[C@@H](NC(C)=O)CC2. The zero-order chi connectivity index (χ0) is 35.5. The molecule has 3 aromatic rings. The standard InChI is InChI=1S/C40H50N4O6/c1-28(45)42-33-18-16-30-26-36(48-2)39(49-3)40(50-4)38(30)31-17-19-34(35(46)27-32(31)33)41-20-10-6-9-15-37(47)44-24-22-43(23-25-44)21-11-14-29-12-7-5-8-13-29/h5,7-8,11-14,17,19,26-27,33H,6,9-10,15-16,18,20-25H2,1-4H3,(H,41,46)(H,42,45)/t33-/m0/s1. The van der Waals surface area contributed by atoms with Crippen molar-refractivity contribution in [2.75, 3.05) is 65.9 Å². The molecule has 266 valence electrons. The maximum absolute atomic E-state index is 13.5. The Morgan fingerprint density at radius 1 is 0.900 bits per heavy atom. The molecule has 10 heteroatoms. The van der Waals surface area contributed by atoms with Gasteiger partial charge in [0.25, 0.3) is 0 Å². The second-order valence-corrected chi connectivity index (χ2v) is 12.8. The number of aryl methyl sites for hydroxylation is 1. The third-order valence-corrected chi connectivity index (χ3v) is 9.50. The summed E-state index contributed by atoms with van der Waals surface area (Å²) in [6.07, 6.45) is 8.63. The van der Waals surface area contributed by atoms with Gasteiger partial charge in [-0.25, -0.2) is 0 Å². The number of nitrogens with zero attached hydrogens (tertiary/aromatic N) is 2. The lowest BCUT2D eigenvalue weighted by Gasteiger charge is -2.34. The first-order chi connectivity index (χ1) is 24.3. The fourth-order valence-electron chi connectivity index (χ4n) is 6.89. The van der Waals surface area contributed by atoms with Crippen LogP contribution in [0.4, 0.5) is 5.69 Å². The van der Waals surface area contributed by atoms with Crippen LogP contribution in [0.25, 0.3) is 17.2 Å². The van der Waals surface area contributed by atoms with E-state index in [1.807, 2.05) is 35.2 Å². The van der Waals surface area contributed by atoms with Crippen molar-refractivity contribution in [2.45, 2.75) is 51.5 Å². The largest absolute Gasteiger partial charge is 0.493 e. The number of hydrogen-bond acceptors (Lipinski definition) is 8. The fourth-order valence-corrected chi connectivity index (χ4v) is 6.89. The van der Waals surface area contributed by atoms with E-state index in [0.29, 0.717) is 48.7 Å². The summed E-state index contributed by atoms with van der Waals surface area (Å²) in [7, 11) is 4.74. The number of rotatable bonds is 14. The van der Waals surface area contributed by atoms with Gasteiger partial charge < -0.3 is 29.7 Å². The van der Waals surface area contributed by atoms with E-state index in [4.69, 9.17) is 14.2 Å². The van der Waals surface area contributed by atoms with E-state index in [1.165, 1.54) is 12.5 Å². The van der Waals surface area contributed by atoms with Gasteiger partial charge in [-0.3, -0.25) is 19.3 Å². The number of carbonyl (C=O) groups is 2. The molecule has 1 saturated heterocycles. The van der Waals surface area contributed by atoms with Crippen LogP contribution in [-0.2, 0) is 16.0 Å². The molecule has 0 aromatic heterocycles. The average Bonchev–Trinajstić information content (AvgIpc) is 3.37. The van der Waals surface area contributed by atoms with Gasteiger partial charge in [0.15, 0.2) is 11.5 Å². The zero-order valence-corrected chi connectivity index (χ0v) is 29.8. The van der Waals surface area contributed by atoms with Gasteiger partial charge in [-0.1, -0.05) is 55.0 Å². The Bertz CT molecular complexity index is 1720. The van der Waals surface area contributed by atoms with Gasteiger partial charge in [-0.2, -0.15) is 0 Å². The van der Waals surface area contributed by atoms with Crippen molar-refractivity contribution in [1.82, 2.24) is 15.1 Å². The highest BCUT2D eigenvalue weighted by atomic mass is 16.5. The molecule has 1 heterocycles. The van der Waals surface area contributed by atoms with Crippen molar-refractivity contribution in [2.24, 2.45) is 0 Å². The molecule has 0 spiro atoms. The quantitative estimate of drug-likeness (QED) is 0.209. The van der Waals surface area contributed by atoms with Crippen LogP contribution in [0.1, 0.15) is 61.8 Å². The molecule has 1 aliphatic heterocycles. The van der Waals surface area contributed by atoms with Crippen LogP contribution < -0.4 is 30.3 Å². The van der Waals surface area contributed by atoms with Crippen LogP contribution in [0.5, 0.6) is 17.2 Å². The van der Waals surface area contributed by atoms with Gasteiger partial charge in [0.05, 0.1) is 33.1 Å². The molecule has 1 aliphatic carbocycles. The summed E-state index contributed by atoms with van der Waals surface area (Å²) in [5.74, 6) is 1.60. The van der Waals surface area contributed by atoms with E-state index in [0.717, 1.165) is 74.2 Å². The average molecular weight is 683 g/mol. The van der Waals surface area contributed by atoms with E-state index in [9.17, 15) is 14.4 Å². The Kier molecular flexibility index (Phi) is 12.9. The second-order valence-electron chi connectivity index (χ2n) is 12.8. The minimum Gasteiger partial charge on any atom is -0.493 e. The van der Waals surface area contributed by atoms with Gasteiger partial charge in [-0.05, 0) is 66.1 Å². The van der Waals surface area contributed by atoms with Crippen molar-refractivity contribution in [3.8, 4) is 28.4 Å². The molecule has 10 nitrogen and oxygen atoms in total. The third-order valence-electron chi connectivity index (χ3n) is 9.50. The summed E-state index contributed by atoms with van der Waals surface area (Å²) in [4.78, 5) is 43.0. The molecule has 2 N–H and O–H groups in total. The number of amides is 2. The Morgan fingerprint density at radius 2 is 1.66 bits per heavy atom. The number of piperazine rings is 1. The molecular weight excluding hydrogens is 632 g/mol. The van der Waals surface area contributed by atoms with Gasteiger partial charge in [-0.15, -0.1) is 0 Å². The lowest BCUT2D eigenvalue weighted by molar-refractivity contribution is -0.133. The third kappa shape index (κ3) is 9.04. The van der Waals surface area contributed by atoms with Gasteiger partial charge in [0, 0.05) is 58.2 Å². The molecule has 2 amide bonds. The lowest BCUT2D eigenvalue weighted by Crippen LogP contribution is -2.48. The van der Waals surface area contributed by atoms with Crippen LogP contribution in [-0.4, -0.2) is 82.2 Å². The van der Waals surface area contributed by atoms with Crippen molar-refractivity contribution >= 4 is 23.6 Å². The van der Waals surface area contributed by atoms with Crippen molar-refractivity contribution in [3.63, 3.8) is 0 Å². The van der Waals surface area contributed by atoms with Crippen LogP contribution in [0.3, 0.4) is 0 Å². The summed E-state index contributed by atoms with van der Waals surface area (Å²) in [5.41, 5.74) is 4.84. The smallest absolute Gasteiger partial charge is 0.222 e. The Morgan fingerprint density at radius 3 is 2.36 bits per heavy atom. The van der Waals surface area contributed by atoms with Crippen molar-refractivity contribution in [3.05, 3.63) is 87.6 Å². The summed E-state index contributed by atoms with van der Waals surface area (Å²) in [5, 5.41) is 6.37. The summed E-state index contributed by atoms with van der Waals surface area (Å²) in [6.45, 7) is 6.27. The van der Waals surface area contributed by atoms with Crippen LogP contribution in [0.15, 0.2) is 65.5 Å². The normalized spacial score (nSPS) is 15.8. The molecule has 2 aliphatic rings. The van der Waals surface area contributed by atoms with Crippen LogP contribution in [0.2, 0.25) is 0 Å². The Labute approximate surface area is 295 Å². The number of ether oxygens (including phenoxy) is 3.